The number of carboxylic acids is 2. The van der Waals surface area contributed by atoms with Gasteiger partial charge in [-0.05, 0) is 45.5 Å². The lowest BCUT2D eigenvalue weighted by molar-refractivity contribution is -0.139. The van der Waals surface area contributed by atoms with Crippen LogP contribution in [0.25, 0.3) is 11.1 Å². The second-order valence-electron chi connectivity index (χ2n) is 8.76. The highest BCUT2D eigenvalue weighted by Crippen LogP contribution is 2.52. The molecule has 4 nitrogen and oxygen atoms in total. The molecule has 0 fully saturated rings. The SMILES string of the molecule is O=C(O)c1ccc(C2C=CC(C(=O)O)(c3ccccc3)C(c3ccccc3)=C2c2ccccc2)cc1. The molecule has 0 amide bonds. The van der Waals surface area contributed by atoms with E-state index in [4.69, 9.17) is 0 Å². The smallest absolute Gasteiger partial charge is 0.335 e. The van der Waals surface area contributed by atoms with Crippen molar-refractivity contribution < 1.29 is 19.8 Å². The summed E-state index contributed by atoms with van der Waals surface area (Å²) in [7, 11) is 0. The maximum absolute atomic E-state index is 13.2. The van der Waals surface area contributed by atoms with Crippen LogP contribution in [0, 0.1) is 0 Å². The molecule has 0 heterocycles. The van der Waals surface area contributed by atoms with E-state index in [1.807, 2.05) is 97.1 Å². The molecule has 176 valence electrons. The summed E-state index contributed by atoms with van der Waals surface area (Å²) in [5, 5.41) is 20.2. The van der Waals surface area contributed by atoms with Gasteiger partial charge in [-0.15, -0.1) is 0 Å². The van der Waals surface area contributed by atoms with E-state index in [0.29, 0.717) is 11.1 Å². The summed E-state index contributed by atoms with van der Waals surface area (Å²) in [4.78, 5) is 24.7. The minimum atomic E-state index is -1.41. The molecule has 1 aliphatic carbocycles. The maximum atomic E-state index is 13.2. The van der Waals surface area contributed by atoms with Crippen LogP contribution in [0.4, 0.5) is 0 Å². The van der Waals surface area contributed by atoms with Gasteiger partial charge in [0.2, 0.25) is 0 Å². The molecule has 0 spiro atoms. The number of hydrogen-bond acceptors (Lipinski definition) is 2. The van der Waals surface area contributed by atoms with Crippen LogP contribution in [0.1, 0.15) is 38.5 Å². The number of benzene rings is 4. The molecule has 2 N–H and O–H groups in total. The Balaban J connectivity index is 1.87. The Kier molecular flexibility index (Phi) is 6.09. The van der Waals surface area contributed by atoms with Crippen LogP contribution in [0.3, 0.4) is 0 Å². The fourth-order valence-corrected chi connectivity index (χ4v) is 5.07. The molecule has 0 aromatic heterocycles. The highest BCUT2D eigenvalue weighted by Gasteiger charge is 2.47. The average Bonchev–Trinajstić information content (AvgIpc) is 2.93. The third-order valence-corrected chi connectivity index (χ3v) is 6.74. The first-order valence-electron chi connectivity index (χ1n) is 11.7. The van der Waals surface area contributed by atoms with Gasteiger partial charge in [-0.25, -0.2) is 4.79 Å². The second-order valence-corrected chi connectivity index (χ2v) is 8.76. The zero-order valence-corrected chi connectivity index (χ0v) is 19.4. The number of carboxylic acid groups (broad SMARTS) is 2. The summed E-state index contributed by atoms with van der Waals surface area (Å²) in [6, 6.07) is 35.5. The number of allylic oxidation sites excluding steroid dienone is 2. The van der Waals surface area contributed by atoms with E-state index in [-0.39, 0.29) is 11.5 Å². The van der Waals surface area contributed by atoms with Crippen molar-refractivity contribution in [3.63, 3.8) is 0 Å². The molecule has 0 radical (unpaired) electrons. The first kappa shape index (κ1) is 23.1. The topological polar surface area (TPSA) is 74.6 Å². The van der Waals surface area contributed by atoms with E-state index in [9.17, 15) is 19.8 Å². The van der Waals surface area contributed by atoms with Crippen molar-refractivity contribution in [1.82, 2.24) is 0 Å². The quantitative estimate of drug-likeness (QED) is 0.307. The van der Waals surface area contributed by atoms with E-state index >= 15 is 0 Å². The normalized spacial score (nSPS) is 19.2. The number of aliphatic carboxylic acids is 1. The summed E-state index contributed by atoms with van der Waals surface area (Å²) in [5.74, 6) is -2.22. The molecule has 4 aromatic rings. The molecule has 1 aliphatic rings. The Morgan fingerprint density at radius 3 is 1.69 bits per heavy atom. The van der Waals surface area contributed by atoms with Gasteiger partial charge in [-0.3, -0.25) is 4.79 Å². The minimum absolute atomic E-state index is 0.205. The van der Waals surface area contributed by atoms with Crippen molar-refractivity contribution in [3.05, 3.63) is 155 Å². The van der Waals surface area contributed by atoms with Crippen LogP contribution >= 0.6 is 0 Å². The Morgan fingerprint density at radius 2 is 1.17 bits per heavy atom. The molecule has 5 rings (SSSR count). The molecule has 36 heavy (non-hydrogen) atoms. The lowest BCUT2D eigenvalue weighted by atomic mass is 9.63. The van der Waals surface area contributed by atoms with Gasteiger partial charge in [0, 0.05) is 5.92 Å². The summed E-state index contributed by atoms with van der Waals surface area (Å²) in [6.07, 6.45) is 3.72. The van der Waals surface area contributed by atoms with E-state index in [1.165, 1.54) is 0 Å². The average molecular weight is 473 g/mol. The number of aromatic carboxylic acids is 1. The van der Waals surface area contributed by atoms with Gasteiger partial charge in [0.1, 0.15) is 5.41 Å². The molecule has 0 bridgehead atoms. The van der Waals surface area contributed by atoms with Crippen LogP contribution in [0.5, 0.6) is 0 Å². The molecule has 2 unspecified atom stereocenters. The summed E-state index contributed by atoms with van der Waals surface area (Å²) in [5.41, 5.74) is 3.65. The van der Waals surface area contributed by atoms with Crippen molar-refractivity contribution in [2.45, 2.75) is 11.3 Å². The number of rotatable bonds is 6. The Bertz CT molecular complexity index is 1450. The fourth-order valence-electron chi connectivity index (χ4n) is 5.07. The Labute approximate surface area is 209 Å². The van der Waals surface area contributed by atoms with Crippen molar-refractivity contribution in [1.29, 1.82) is 0 Å². The fraction of sp³-hybridized carbons (Fsp3) is 0.0625. The van der Waals surface area contributed by atoms with Gasteiger partial charge in [-0.1, -0.05) is 115 Å². The first-order valence-corrected chi connectivity index (χ1v) is 11.7. The van der Waals surface area contributed by atoms with Crippen LogP contribution in [-0.4, -0.2) is 22.2 Å². The molecule has 4 aromatic carbocycles. The number of hydrogen-bond donors (Lipinski definition) is 2. The monoisotopic (exact) mass is 472 g/mol. The van der Waals surface area contributed by atoms with Gasteiger partial charge < -0.3 is 10.2 Å². The van der Waals surface area contributed by atoms with Crippen LogP contribution < -0.4 is 0 Å². The van der Waals surface area contributed by atoms with Crippen molar-refractivity contribution in [2.75, 3.05) is 0 Å². The van der Waals surface area contributed by atoms with Gasteiger partial charge in [0.15, 0.2) is 0 Å². The van der Waals surface area contributed by atoms with E-state index in [1.54, 1.807) is 30.3 Å². The lowest BCUT2D eigenvalue weighted by Gasteiger charge is -2.38. The summed E-state index contributed by atoms with van der Waals surface area (Å²) >= 11 is 0. The lowest BCUT2D eigenvalue weighted by Crippen LogP contribution is -2.38. The second kappa shape index (κ2) is 9.51. The van der Waals surface area contributed by atoms with Crippen molar-refractivity contribution >= 4 is 23.1 Å². The van der Waals surface area contributed by atoms with Crippen LogP contribution in [-0.2, 0) is 10.2 Å². The summed E-state index contributed by atoms with van der Waals surface area (Å²) < 4.78 is 0. The highest BCUT2D eigenvalue weighted by atomic mass is 16.4. The largest absolute Gasteiger partial charge is 0.480 e. The highest BCUT2D eigenvalue weighted by molar-refractivity contribution is 6.11. The maximum Gasteiger partial charge on any atom is 0.335 e. The third kappa shape index (κ3) is 3.93. The predicted octanol–water partition coefficient (Wildman–Crippen LogP) is 6.67. The van der Waals surface area contributed by atoms with Gasteiger partial charge >= 0.3 is 11.9 Å². The van der Waals surface area contributed by atoms with Crippen LogP contribution in [0.15, 0.2) is 127 Å². The Morgan fingerprint density at radius 1 is 0.639 bits per heavy atom. The van der Waals surface area contributed by atoms with Crippen molar-refractivity contribution in [3.8, 4) is 0 Å². The van der Waals surface area contributed by atoms with E-state index in [2.05, 4.69) is 0 Å². The van der Waals surface area contributed by atoms with Crippen LogP contribution in [0.2, 0.25) is 0 Å². The predicted molar refractivity (Wildman–Crippen MR) is 141 cm³/mol. The molecule has 4 heteroatoms. The summed E-state index contributed by atoms with van der Waals surface area (Å²) in [6.45, 7) is 0. The van der Waals surface area contributed by atoms with Gasteiger partial charge in [0.05, 0.1) is 5.56 Å². The first-order chi connectivity index (χ1) is 17.5. The van der Waals surface area contributed by atoms with E-state index < -0.39 is 17.4 Å². The van der Waals surface area contributed by atoms with Crippen molar-refractivity contribution in [2.24, 2.45) is 0 Å². The minimum Gasteiger partial charge on any atom is -0.480 e. The molecule has 0 saturated carbocycles. The molecule has 2 atom stereocenters. The zero-order chi connectivity index (χ0) is 25.1. The van der Waals surface area contributed by atoms with E-state index in [0.717, 1.165) is 22.3 Å². The Hall–Kier alpha value is -4.70. The number of carbonyl (C=O) groups is 2. The standard InChI is InChI=1S/C32H24O4/c33-30(34)25-18-16-22(17-19-25)27-20-21-32(31(35)36,26-14-8-3-9-15-26)29(24-12-6-2-7-13-24)28(27)23-10-4-1-5-11-23/h1-21,27H,(H,33,34)(H,35,36). The van der Waals surface area contributed by atoms with Gasteiger partial charge in [0.25, 0.3) is 0 Å². The third-order valence-electron chi connectivity index (χ3n) is 6.74. The molecular weight excluding hydrogens is 448 g/mol. The molecule has 0 aliphatic heterocycles. The molecule has 0 saturated heterocycles. The molecular formula is C32H24O4. The zero-order valence-electron chi connectivity index (χ0n) is 19.4. The van der Waals surface area contributed by atoms with Gasteiger partial charge in [-0.2, -0.15) is 0 Å².